The molecular weight excluding hydrogens is 356 g/mol. The molecule has 5 nitrogen and oxygen atoms in total. The lowest BCUT2D eigenvalue weighted by Gasteiger charge is -2.11. The summed E-state index contributed by atoms with van der Waals surface area (Å²) < 4.78 is 5.83. The lowest BCUT2D eigenvalue weighted by molar-refractivity contribution is -0.122. The SMILES string of the molecule is CCCN1C(=O)C(=Cc2cc(Br)cc(OC)c2O)NC1=S. The van der Waals surface area contributed by atoms with E-state index in [2.05, 4.69) is 21.2 Å². The third-order valence-corrected chi connectivity index (χ3v) is 3.78. The van der Waals surface area contributed by atoms with E-state index in [1.54, 1.807) is 18.2 Å². The second-order valence-electron chi connectivity index (χ2n) is 4.49. The van der Waals surface area contributed by atoms with Gasteiger partial charge in [-0.05, 0) is 36.8 Å². The van der Waals surface area contributed by atoms with Gasteiger partial charge in [-0.25, -0.2) is 0 Å². The molecule has 112 valence electrons. The number of ether oxygens (including phenoxy) is 1. The van der Waals surface area contributed by atoms with Gasteiger partial charge in [0.25, 0.3) is 5.91 Å². The molecule has 0 aromatic heterocycles. The number of carbonyl (C=O) groups excluding carboxylic acids is 1. The summed E-state index contributed by atoms with van der Waals surface area (Å²) in [6.45, 7) is 2.54. The fourth-order valence-electron chi connectivity index (χ4n) is 2.01. The summed E-state index contributed by atoms with van der Waals surface area (Å²) in [4.78, 5) is 13.8. The minimum Gasteiger partial charge on any atom is -0.504 e. The highest BCUT2D eigenvalue weighted by atomic mass is 79.9. The molecule has 1 heterocycles. The van der Waals surface area contributed by atoms with Crippen molar-refractivity contribution in [2.75, 3.05) is 13.7 Å². The Bertz CT molecular complexity index is 631. The van der Waals surface area contributed by atoms with Crippen molar-refractivity contribution in [2.45, 2.75) is 13.3 Å². The summed E-state index contributed by atoms with van der Waals surface area (Å²) in [6, 6.07) is 3.35. The third-order valence-electron chi connectivity index (χ3n) is 3.00. The normalized spacial score (nSPS) is 16.5. The van der Waals surface area contributed by atoms with E-state index in [0.29, 0.717) is 28.7 Å². The first-order valence-electron chi connectivity index (χ1n) is 6.39. The maximum absolute atomic E-state index is 12.2. The molecule has 0 unspecified atom stereocenters. The van der Waals surface area contributed by atoms with Crippen molar-refractivity contribution in [1.29, 1.82) is 0 Å². The van der Waals surface area contributed by atoms with Crippen LogP contribution in [0.15, 0.2) is 22.3 Å². The van der Waals surface area contributed by atoms with Crippen molar-refractivity contribution < 1.29 is 14.6 Å². The van der Waals surface area contributed by atoms with Gasteiger partial charge in [-0.15, -0.1) is 0 Å². The Balaban J connectivity index is 2.39. The van der Waals surface area contributed by atoms with E-state index in [1.807, 2.05) is 6.92 Å². The van der Waals surface area contributed by atoms with Crippen LogP contribution in [0.4, 0.5) is 0 Å². The monoisotopic (exact) mass is 370 g/mol. The predicted octanol–water partition coefficient (Wildman–Crippen LogP) is 2.63. The van der Waals surface area contributed by atoms with Gasteiger partial charge in [0.05, 0.1) is 7.11 Å². The largest absolute Gasteiger partial charge is 0.504 e. The molecule has 0 radical (unpaired) electrons. The summed E-state index contributed by atoms with van der Waals surface area (Å²) in [5, 5.41) is 13.4. The molecule has 21 heavy (non-hydrogen) atoms. The standard InChI is InChI=1S/C14H15BrN2O3S/c1-3-4-17-13(19)10(16-14(17)21)6-8-5-9(15)7-11(20-2)12(8)18/h5-7,18H,3-4H2,1-2H3,(H,16,21). The molecule has 0 saturated carbocycles. The van der Waals surface area contributed by atoms with Gasteiger partial charge < -0.3 is 15.2 Å². The minimum atomic E-state index is -0.194. The average molecular weight is 371 g/mol. The predicted molar refractivity (Wildman–Crippen MR) is 88.1 cm³/mol. The smallest absolute Gasteiger partial charge is 0.276 e. The number of hydrogen-bond acceptors (Lipinski definition) is 4. The fraction of sp³-hybridized carbons (Fsp3) is 0.286. The van der Waals surface area contributed by atoms with Crippen LogP contribution in [0.3, 0.4) is 0 Å². The number of aromatic hydroxyl groups is 1. The van der Waals surface area contributed by atoms with Gasteiger partial charge in [-0.3, -0.25) is 9.69 Å². The highest BCUT2D eigenvalue weighted by molar-refractivity contribution is 9.10. The number of thiocarbonyl (C=S) groups is 1. The van der Waals surface area contributed by atoms with E-state index in [4.69, 9.17) is 17.0 Å². The van der Waals surface area contributed by atoms with Gasteiger partial charge >= 0.3 is 0 Å². The lowest BCUT2D eigenvalue weighted by atomic mass is 10.1. The number of nitrogens with zero attached hydrogens (tertiary/aromatic N) is 1. The zero-order chi connectivity index (χ0) is 15.6. The van der Waals surface area contributed by atoms with Crippen molar-refractivity contribution in [2.24, 2.45) is 0 Å². The third kappa shape index (κ3) is 3.19. The number of phenolic OH excluding ortho intramolecular Hbond substituents is 1. The molecule has 1 saturated heterocycles. The Morgan fingerprint density at radius 3 is 2.86 bits per heavy atom. The van der Waals surface area contributed by atoms with Crippen LogP contribution in [0, 0.1) is 0 Å². The second kappa shape index (κ2) is 6.44. The average Bonchev–Trinajstić information content (AvgIpc) is 2.70. The quantitative estimate of drug-likeness (QED) is 0.630. The molecule has 1 aliphatic rings. The van der Waals surface area contributed by atoms with Crippen molar-refractivity contribution in [3.05, 3.63) is 27.9 Å². The summed E-state index contributed by atoms with van der Waals surface area (Å²) in [5.41, 5.74) is 0.808. The van der Waals surface area contributed by atoms with Crippen molar-refractivity contribution in [3.8, 4) is 11.5 Å². The van der Waals surface area contributed by atoms with Gasteiger partial charge in [0.15, 0.2) is 16.6 Å². The number of amides is 1. The zero-order valence-electron chi connectivity index (χ0n) is 11.6. The fourth-order valence-corrected chi connectivity index (χ4v) is 2.75. The molecular formula is C14H15BrN2O3S. The number of carbonyl (C=O) groups is 1. The van der Waals surface area contributed by atoms with Crippen LogP contribution in [0.1, 0.15) is 18.9 Å². The number of hydrogen-bond donors (Lipinski definition) is 2. The summed E-state index contributed by atoms with van der Waals surface area (Å²) in [5.74, 6) is 0.109. The topological polar surface area (TPSA) is 61.8 Å². The molecule has 0 bridgehead atoms. The summed E-state index contributed by atoms with van der Waals surface area (Å²) in [6.07, 6.45) is 2.38. The number of nitrogens with one attached hydrogen (secondary N) is 1. The molecule has 0 spiro atoms. The molecule has 1 aliphatic heterocycles. The zero-order valence-corrected chi connectivity index (χ0v) is 14.0. The van der Waals surface area contributed by atoms with Gasteiger partial charge in [0, 0.05) is 16.6 Å². The van der Waals surface area contributed by atoms with E-state index in [-0.39, 0.29) is 11.7 Å². The van der Waals surface area contributed by atoms with Gasteiger partial charge in [0.2, 0.25) is 0 Å². The highest BCUT2D eigenvalue weighted by Crippen LogP contribution is 2.35. The molecule has 7 heteroatoms. The van der Waals surface area contributed by atoms with Crippen LogP contribution in [0.5, 0.6) is 11.5 Å². The van der Waals surface area contributed by atoms with Gasteiger partial charge in [0.1, 0.15) is 5.70 Å². The number of rotatable bonds is 4. The first-order valence-corrected chi connectivity index (χ1v) is 7.59. The molecule has 0 atom stereocenters. The van der Waals surface area contributed by atoms with Crippen LogP contribution >= 0.6 is 28.1 Å². The Hall–Kier alpha value is -1.60. The lowest BCUT2D eigenvalue weighted by Crippen LogP contribution is -2.31. The van der Waals surface area contributed by atoms with Crippen LogP contribution < -0.4 is 10.1 Å². The Kier molecular flexibility index (Phi) is 4.84. The first kappa shape index (κ1) is 15.8. The molecule has 0 aliphatic carbocycles. The van der Waals surface area contributed by atoms with Crippen LogP contribution in [0.25, 0.3) is 6.08 Å². The number of halogens is 1. The van der Waals surface area contributed by atoms with Gasteiger partial charge in [-0.1, -0.05) is 22.9 Å². The Morgan fingerprint density at radius 2 is 2.24 bits per heavy atom. The maximum atomic E-state index is 12.2. The summed E-state index contributed by atoms with van der Waals surface area (Å²) in [7, 11) is 1.47. The molecule has 2 rings (SSSR count). The van der Waals surface area contributed by atoms with Gasteiger partial charge in [-0.2, -0.15) is 0 Å². The molecule has 1 aromatic rings. The highest BCUT2D eigenvalue weighted by Gasteiger charge is 2.30. The van der Waals surface area contributed by atoms with E-state index in [9.17, 15) is 9.90 Å². The van der Waals surface area contributed by atoms with E-state index in [0.717, 1.165) is 10.9 Å². The Labute approximate surface area is 136 Å². The van der Waals surface area contributed by atoms with Crippen molar-refractivity contribution >= 4 is 45.2 Å². The van der Waals surface area contributed by atoms with Crippen LogP contribution in [-0.2, 0) is 4.79 Å². The maximum Gasteiger partial charge on any atom is 0.276 e. The minimum absolute atomic E-state index is 0.0253. The molecule has 1 fully saturated rings. The van der Waals surface area contributed by atoms with Crippen molar-refractivity contribution in [3.63, 3.8) is 0 Å². The summed E-state index contributed by atoms with van der Waals surface area (Å²) >= 11 is 8.48. The van der Waals surface area contributed by atoms with E-state index in [1.165, 1.54) is 12.0 Å². The number of phenols is 1. The van der Waals surface area contributed by atoms with Crippen molar-refractivity contribution in [1.82, 2.24) is 10.2 Å². The molecule has 2 N–H and O–H groups in total. The van der Waals surface area contributed by atoms with E-state index >= 15 is 0 Å². The number of methoxy groups -OCH3 is 1. The molecule has 1 amide bonds. The van der Waals surface area contributed by atoms with Crippen LogP contribution in [-0.4, -0.2) is 34.7 Å². The first-order chi connectivity index (χ1) is 9.97. The molecule has 1 aromatic carbocycles. The second-order valence-corrected chi connectivity index (χ2v) is 5.79. The van der Waals surface area contributed by atoms with E-state index < -0.39 is 0 Å². The van der Waals surface area contributed by atoms with Crippen LogP contribution in [0.2, 0.25) is 0 Å². The Morgan fingerprint density at radius 1 is 1.52 bits per heavy atom. The number of benzene rings is 1.